The first-order valence-corrected chi connectivity index (χ1v) is 12.9. The van der Waals surface area contributed by atoms with Gasteiger partial charge in [-0.25, -0.2) is 13.7 Å². The number of amides is 2. The van der Waals surface area contributed by atoms with Crippen LogP contribution < -0.4 is 14.9 Å². The van der Waals surface area contributed by atoms with E-state index < -0.39 is 15.9 Å². The van der Waals surface area contributed by atoms with Crippen molar-refractivity contribution in [1.82, 2.24) is 4.72 Å². The topological polar surface area (TPSA) is 107 Å². The number of nitrogens with zero attached hydrogens (tertiary/aromatic N) is 3. The number of morpholine rings is 1. The lowest BCUT2D eigenvalue weighted by atomic mass is 9.99. The van der Waals surface area contributed by atoms with Gasteiger partial charge in [0.25, 0.3) is 0 Å². The number of carbonyl (C=O) groups excluding carboxylic acids is 1. The van der Waals surface area contributed by atoms with Gasteiger partial charge in [-0.05, 0) is 79.0 Å². The third-order valence-corrected chi connectivity index (χ3v) is 8.32. The quantitative estimate of drug-likeness (QED) is 0.672. The van der Waals surface area contributed by atoms with E-state index in [1.807, 2.05) is 6.07 Å². The van der Waals surface area contributed by atoms with Gasteiger partial charge in [-0.2, -0.15) is 5.26 Å². The number of benzene rings is 2. The second kappa shape index (κ2) is 9.04. The molecule has 0 saturated carbocycles. The molecule has 1 atom stereocenters. The highest BCUT2D eigenvalue weighted by molar-refractivity contribution is 7.92. The smallest absolute Gasteiger partial charge is 0.331 e. The van der Waals surface area contributed by atoms with Crippen LogP contribution >= 0.6 is 0 Å². The standard InChI is InChI=1S/C24H27N5O3S/c25-16-26-33(31,20-7-3-6-19(15-20)29-10-12-32-13-11-29)28-24(30)27-23-21-8-1-4-17(21)14-18-5-2-9-22(18)23/h3,6-7,14-15H,1-2,4-5,8-13H2,(H2,26,27,28,30,31). The third kappa shape index (κ3) is 4.28. The van der Waals surface area contributed by atoms with Crippen LogP contribution in [0.25, 0.3) is 0 Å². The summed E-state index contributed by atoms with van der Waals surface area (Å²) in [7, 11) is -3.48. The second-order valence-corrected chi connectivity index (χ2v) is 10.5. The van der Waals surface area contributed by atoms with E-state index >= 15 is 0 Å². The van der Waals surface area contributed by atoms with Gasteiger partial charge >= 0.3 is 6.03 Å². The number of aryl methyl sites for hydroxylation is 2. The molecule has 3 aliphatic rings. The van der Waals surface area contributed by atoms with Crippen LogP contribution in [0.3, 0.4) is 0 Å². The fourth-order valence-electron chi connectivity index (χ4n) is 5.10. The number of fused-ring (bicyclic) bond motifs is 2. The van der Waals surface area contributed by atoms with Crippen LogP contribution in [-0.4, -0.2) is 36.5 Å². The summed E-state index contributed by atoms with van der Waals surface area (Å²) in [6.45, 7) is 2.68. The monoisotopic (exact) mass is 465 g/mol. The Kier molecular flexibility index (Phi) is 5.96. The van der Waals surface area contributed by atoms with Crippen LogP contribution in [-0.2, 0) is 40.3 Å². The van der Waals surface area contributed by atoms with Crippen molar-refractivity contribution in [2.45, 2.75) is 43.4 Å². The van der Waals surface area contributed by atoms with Crippen LogP contribution in [0.2, 0.25) is 0 Å². The van der Waals surface area contributed by atoms with E-state index in [0.717, 1.165) is 63.0 Å². The number of hydrogen-bond acceptors (Lipinski definition) is 6. The van der Waals surface area contributed by atoms with Crippen molar-refractivity contribution in [1.29, 1.82) is 5.26 Å². The highest BCUT2D eigenvalue weighted by atomic mass is 32.2. The Morgan fingerprint density at radius 3 is 2.42 bits per heavy atom. The summed E-state index contributed by atoms with van der Waals surface area (Å²) in [6, 6.07) is 8.72. The molecule has 33 heavy (non-hydrogen) atoms. The van der Waals surface area contributed by atoms with E-state index in [-0.39, 0.29) is 0 Å². The molecule has 5 rings (SSSR count). The molecule has 9 heteroatoms. The number of rotatable bonds is 4. The third-order valence-electron chi connectivity index (χ3n) is 6.63. The van der Waals surface area contributed by atoms with Gasteiger partial charge in [0.1, 0.15) is 0 Å². The van der Waals surface area contributed by atoms with Gasteiger partial charge in [0.15, 0.2) is 9.92 Å². The molecule has 2 aliphatic carbocycles. The lowest BCUT2D eigenvalue weighted by Crippen LogP contribution is -2.37. The number of nitrogens with one attached hydrogen (secondary N) is 2. The van der Waals surface area contributed by atoms with Gasteiger partial charge in [0, 0.05) is 24.5 Å². The molecule has 0 spiro atoms. The molecular formula is C24H27N5O3S. The van der Waals surface area contributed by atoms with E-state index in [0.29, 0.717) is 18.1 Å². The molecule has 1 unspecified atom stereocenters. The zero-order chi connectivity index (χ0) is 22.8. The van der Waals surface area contributed by atoms with Gasteiger partial charge < -0.3 is 15.0 Å². The van der Waals surface area contributed by atoms with Crippen molar-refractivity contribution in [3.63, 3.8) is 0 Å². The average Bonchev–Trinajstić information content (AvgIpc) is 3.49. The van der Waals surface area contributed by atoms with Crippen molar-refractivity contribution in [3.8, 4) is 6.19 Å². The van der Waals surface area contributed by atoms with E-state index in [1.54, 1.807) is 24.4 Å². The van der Waals surface area contributed by atoms with Crippen LogP contribution in [0.1, 0.15) is 35.1 Å². The summed E-state index contributed by atoms with van der Waals surface area (Å²) in [5.41, 5.74) is 6.68. The van der Waals surface area contributed by atoms with Gasteiger partial charge in [-0.15, -0.1) is 0 Å². The fourth-order valence-corrected chi connectivity index (χ4v) is 6.33. The first kappa shape index (κ1) is 21.7. The maximum atomic E-state index is 13.7. The number of hydrogen-bond donors (Lipinski definition) is 2. The lowest BCUT2D eigenvalue weighted by molar-refractivity contribution is 0.122. The molecule has 2 N–H and O–H groups in total. The Bertz CT molecular complexity index is 1220. The molecule has 8 nitrogen and oxygen atoms in total. The first-order valence-electron chi connectivity index (χ1n) is 11.4. The van der Waals surface area contributed by atoms with Gasteiger partial charge in [-0.3, -0.25) is 0 Å². The summed E-state index contributed by atoms with van der Waals surface area (Å²) < 4.78 is 25.3. The number of ether oxygens (including phenoxy) is 1. The highest BCUT2D eigenvalue weighted by Gasteiger charge is 2.26. The SMILES string of the molecule is N#CN=S(=O)(NC(=O)Nc1c2c(cc3c1CCC3)CCC2)c1cccc(N2CCOCC2)c1. The minimum absolute atomic E-state index is 0.298. The minimum atomic E-state index is -3.48. The Morgan fingerprint density at radius 2 is 1.76 bits per heavy atom. The van der Waals surface area contributed by atoms with Crippen LogP contribution in [0, 0.1) is 11.5 Å². The predicted octanol–water partition coefficient (Wildman–Crippen LogP) is 3.55. The molecule has 1 saturated heterocycles. The summed E-state index contributed by atoms with van der Waals surface area (Å²) in [6.07, 6.45) is 7.68. The number of anilines is 2. The van der Waals surface area contributed by atoms with Crippen LogP contribution in [0.4, 0.5) is 16.2 Å². The highest BCUT2D eigenvalue weighted by Crippen LogP contribution is 2.38. The summed E-state index contributed by atoms with van der Waals surface area (Å²) in [4.78, 5) is 15.5. The van der Waals surface area contributed by atoms with Crippen molar-refractivity contribution in [2.75, 3.05) is 36.5 Å². The number of nitriles is 1. The Balaban J connectivity index is 1.42. The molecule has 2 aromatic rings. The molecule has 0 aromatic heterocycles. The molecule has 0 bridgehead atoms. The zero-order valence-corrected chi connectivity index (χ0v) is 19.2. The van der Waals surface area contributed by atoms with E-state index in [1.165, 1.54) is 22.3 Å². The Labute approximate surface area is 194 Å². The molecule has 2 aromatic carbocycles. The largest absolute Gasteiger partial charge is 0.378 e. The molecule has 1 aliphatic heterocycles. The number of urea groups is 1. The van der Waals surface area contributed by atoms with Gasteiger partial charge in [0.05, 0.1) is 18.1 Å². The summed E-state index contributed by atoms with van der Waals surface area (Å²) >= 11 is 0. The maximum absolute atomic E-state index is 13.7. The van der Waals surface area contributed by atoms with Crippen LogP contribution in [0.5, 0.6) is 0 Å². The van der Waals surface area contributed by atoms with E-state index in [2.05, 4.69) is 25.4 Å². The Morgan fingerprint density at radius 1 is 1.06 bits per heavy atom. The lowest BCUT2D eigenvalue weighted by Gasteiger charge is -2.29. The molecule has 0 radical (unpaired) electrons. The van der Waals surface area contributed by atoms with Crippen molar-refractivity contribution in [3.05, 3.63) is 52.6 Å². The van der Waals surface area contributed by atoms with E-state index in [4.69, 9.17) is 4.74 Å². The normalized spacial score (nSPS) is 18.6. The van der Waals surface area contributed by atoms with Crippen LogP contribution in [0.15, 0.2) is 39.6 Å². The Hall–Kier alpha value is -3.09. The maximum Gasteiger partial charge on any atom is 0.331 e. The molecule has 2 amide bonds. The summed E-state index contributed by atoms with van der Waals surface area (Å²) in [5.74, 6) is 0. The molecular weight excluding hydrogens is 438 g/mol. The molecule has 1 fully saturated rings. The zero-order valence-electron chi connectivity index (χ0n) is 18.4. The minimum Gasteiger partial charge on any atom is -0.378 e. The van der Waals surface area contributed by atoms with E-state index in [9.17, 15) is 14.3 Å². The van der Waals surface area contributed by atoms with Crippen molar-refractivity contribution < 1.29 is 13.7 Å². The second-order valence-electron chi connectivity index (χ2n) is 8.60. The summed E-state index contributed by atoms with van der Waals surface area (Å²) in [5, 5.41) is 12.2. The number of carbonyl (C=O) groups is 1. The van der Waals surface area contributed by atoms with Crippen molar-refractivity contribution in [2.24, 2.45) is 4.36 Å². The average molecular weight is 466 g/mol. The van der Waals surface area contributed by atoms with Gasteiger partial charge in [-0.1, -0.05) is 16.5 Å². The van der Waals surface area contributed by atoms with Gasteiger partial charge in [0.2, 0.25) is 6.19 Å². The first-order chi connectivity index (χ1) is 16.1. The van der Waals surface area contributed by atoms with Crippen molar-refractivity contribution >= 4 is 27.3 Å². The molecule has 172 valence electrons. The fraction of sp³-hybridized carbons (Fsp3) is 0.417. The molecule has 1 heterocycles. The predicted molar refractivity (Wildman–Crippen MR) is 127 cm³/mol.